The molecule has 0 amide bonds. The van der Waals surface area contributed by atoms with E-state index >= 15 is 0 Å². The highest BCUT2D eigenvalue weighted by Gasteiger charge is 2.51. The zero-order valence-corrected chi connectivity index (χ0v) is 22.1. The number of rotatable bonds is 5. The van der Waals surface area contributed by atoms with Crippen molar-refractivity contribution in [2.24, 2.45) is 5.41 Å². The van der Waals surface area contributed by atoms with Crippen LogP contribution in [-0.4, -0.2) is 46.4 Å². The highest BCUT2D eigenvalue weighted by atomic mass is 32.2. The number of carbonyl (C=O) groups excluding carboxylic acids is 1. The zero-order chi connectivity index (χ0) is 28.2. The van der Waals surface area contributed by atoms with Crippen molar-refractivity contribution in [3.63, 3.8) is 0 Å². The Kier molecular flexibility index (Phi) is 6.23. The molecule has 1 aliphatic heterocycles. The van der Waals surface area contributed by atoms with Gasteiger partial charge >= 0.3 is 0 Å². The lowest BCUT2D eigenvalue weighted by Gasteiger charge is -2.44. The van der Waals surface area contributed by atoms with E-state index in [2.05, 4.69) is 10.1 Å². The van der Waals surface area contributed by atoms with Crippen LogP contribution >= 0.6 is 0 Å². The molecule has 1 atom stereocenters. The molecule has 3 heterocycles. The summed E-state index contributed by atoms with van der Waals surface area (Å²) in [4.78, 5) is 17.7. The normalized spacial score (nSPS) is 19.1. The Balaban J connectivity index is 1.47. The second kappa shape index (κ2) is 9.53. The monoisotopic (exact) mass is 564 g/mol. The average Bonchev–Trinajstić information content (AvgIpc) is 3.35. The number of pyridine rings is 1. The van der Waals surface area contributed by atoms with Gasteiger partial charge < -0.3 is 0 Å². The standard InChI is InChI=1S/C29H23F3N4O3S/c1-18-9-11-33-24(13-18)28(37)29-15-19-16-34-36(22-7-5-21(30)6-8-22)25(19)14-20(29)10-12-35(17-29)40(38,39)26-4-2-3-23(31)27(26)32/h2-9,11,13-14,16H,10,12,15,17H2,1H3. The van der Waals surface area contributed by atoms with Gasteiger partial charge in [0.15, 0.2) is 17.4 Å². The summed E-state index contributed by atoms with van der Waals surface area (Å²) in [5, 5.41) is 4.47. The van der Waals surface area contributed by atoms with E-state index in [0.29, 0.717) is 22.5 Å². The molecule has 1 unspecified atom stereocenters. The van der Waals surface area contributed by atoms with Gasteiger partial charge in [-0.1, -0.05) is 11.6 Å². The lowest BCUT2D eigenvalue weighted by molar-refractivity contribution is 0.0770. The Morgan fingerprint density at radius 1 is 1.05 bits per heavy atom. The van der Waals surface area contributed by atoms with Gasteiger partial charge in [-0.2, -0.15) is 9.40 Å². The van der Waals surface area contributed by atoms with Crippen LogP contribution in [0.5, 0.6) is 0 Å². The molecule has 1 aliphatic carbocycles. The number of benzene rings is 2. The lowest BCUT2D eigenvalue weighted by Crippen LogP contribution is -2.53. The van der Waals surface area contributed by atoms with Gasteiger partial charge in [-0.25, -0.2) is 26.3 Å². The molecule has 7 nitrogen and oxygen atoms in total. The minimum Gasteiger partial charge on any atom is -0.291 e. The first-order chi connectivity index (χ1) is 19.1. The number of aromatic nitrogens is 3. The summed E-state index contributed by atoms with van der Waals surface area (Å²) >= 11 is 0. The Labute approximate surface area is 228 Å². The van der Waals surface area contributed by atoms with Gasteiger partial charge in [-0.05, 0) is 85.5 Å². The van der Waals surface area contributed by atoms with Crippen molar-refractivity contribution in [3.8, 4) is 5.69 Å². The summed E-state index contributed by atoms with van der Waals surface area (Å²) in [6, 6.07) is 12.2. The largest absolute Gasteiger partial charge is 0.291 e. The summed E-state index contributed by atoms with van der Waals surface area (Å²) < 4.78 is 72.0. The van der Waals surface area contributed by atoms with E-state index in [1.165, 1.54) is 18.3 Å². The maximum Gasteiger partial charge on any atom is 0.246 e. The molecule has 40 heavy (non-hydrogen) atoms. The number of fused-ring (bicyclic) bond motifs is 2. The van der Waals surface area contributed by atoms with Gasteiger partial charge in [-0.15, -0.1) is 0 Å². The molecule has 4 aromatic rings. The molecule has 11 heteroatoms. The van der Waals surface area contributed by atoms with Gasteiger partial charge in [0, 0.05) is 19.3 Å². The van der Waals surface area contributed by atoms with Crippen molar-refractivity contribution in [1.82, 2.24) is 19.1 Å². The summed E-state index contributed by atoms with van der Waals surface area (Å²) in [6.07, 6.45) is 5.23. The van der Waals surface area contributed by atoms with E-state index in [1.807, 2.05) is 13.0 Å². The second-order valence-electron chi connectivity index (χ2n) is 10.1. The number of ketones is 1. The van der Waals surface area contributed by atoms with Crippen LogP contribution in [0, 0.1) is 29.8 Å². The molecule has 0 spiro atoms. The minimum absolute atomic E-state index is 0.0413. The van der Waals surface area contributed by atoms with E-state index in [1.54, 1.807) is 35.1 Å². The van der Waals surface area contributed by atoms with Gasteiger partial charge in [0.1, 0.15) is 16.4 Å². The van der Waals surface area contributed by atoms with E-state index in [0.717, 1.165) is 28.1 Å². The first-order valence-electron chi connectivity index (χ1n) is 12.6. The Hall–Kier alpha value is -4.09. The molecule has 0 bridgehead atoms. The number of piperidine rings is 1. The van der Waals surface area contributed by atoms with Crippen molar-refractivity contribution in [3.05, 3.63) is 113 Å². The zero-order valence-electron chi connectivity index (χ0n) is 21.3. The molecular weight excluding hydrogens is 541 g/mol. The van der Waals surface area contributed by atoms with Crippen LogP contribution in [0.3, 0.4) is 0 Å². The van der Waals surface area contributed by atoms with Crippen LogP contribution in [-0.2, 0) is 16.4 Å². The smallest absolute Gasteiger partial charge is 0.246 e. The molecule has 0 saturated carbocycles. The molecule has 6 rings (SSSR count). The number of halogens is 3. The van der Waals surface area contributed by atoms with E-state index in [9.17, 15) is 26.4 Å². The fourth-order valence-corrected chi connectivity index (χ4v) is 7.11. The highest BCUT2D eigenvalue weighted by Crippen LogP contribution is 2.47. The summed E-state index contributed by atoms with van der Waals surface area (Å²) in [5.74, 6) is -3.50. The van der Waals surface area contributed by atoms with Crippen molar-refractivity contribution in [2.45, 2.75) is 24.7 Å². The molecule has 0 radical (unpaired) electrons. The van der Waals surface area contributed by atoms with Crippen LogP contribution in [0.4, 0.5) is 13.2 Å². The number of nitrogens with zero attached hydrogens (tertiary/aromatic N) is 4. The van der Waals surface area contributed by atoms with E-state index in [-0.39, 0.29) is 43.2 Å². The maximum absolute atomic E-state index is 14.6. The van der Waals surface area contributed by atoms with Crippen molar-refractivity contribution >= 4 is 21.9 Å². The SMILES string of the molecule is Cc1ccnc(C(=O)C23Cc4cnn(-c5ccc(F)cc5)c4C=C2CCN(S(=O)(=O)c2cccc(F)c2F)C3)c1. The van der Waals surface area contributed by atoms with E-state index < -0.39 is 32.0 Å². The Morgan fingerprint density at radius 2 is 1.82 bits per heavy atom. The quantitative estimate of drug-likeness (QED) is 0.322. The first-order valence-corrected chi connectivity index (χ1v) is 14.0. The molecule has 204 valence electrons. The van der Waals surface area contributed by atoms with Gasteiger partial charge in [0.2, 0.25) is 10.0 Å². The lowest BCUT2D eigenvalue weighted by atomic mass is 9.65. The number of hydrogen-bond donors (Lipinski definition) is 0. The van der Waals surface area contributed by atoms with Crippen molar-refractivity contribution in [1.29, 1.82) is 0 Å². The van der Waals surface area contributed by atoms with Crippen LogP contribution in [0.1, 0.15) is 33.7 Å². The van der Waals surface area contributed by atoms with Crippen LogP contribution in [0.15, 0.2) is 77.5 Å². The van der Waals surface area contributed by atoms with Gasteiger partial charge in [-0.3, -0.25) is 9.78 Å². The summed E-state index contributed by atoms with van der Waals surface area (Å²) in [7, 11) is -4.48. The Bertz CT molecular complexity index is 1800. The summed E-state index contributed by atoms with van der Waals surface area (Å²) in [6.45, 7) is 1.50. The maximum atomic E-state index is 14.6. The predicted octanol–water partition coefficient (Wildman–Crippen LogP) is 4.90. The number of sulfonamides is 1. The number of hydrogen-bond acceptors (Lipinski definition) is 5. The predicted molar refractivity (Wildman–Crippen MR) is 141 cm³/mol. The minimum atomic E-state index is -4.48. The third-order valence-corrected chi connectivity index (χ3v) is 9.43. The third-order valence-electron chi connectivity index (χ3n) is 7.57. The molecule has 1 fully saturated rings. The molecule has 2 aromatic heterocycles. The van der Waals surface area contributed by atoms with Gasteiger partial charge in [0.25, 0.3) is 0 Å². The van der Waals surface area contributed by atoms with Gasteiger partial charge in [0.05, 0.1) is 23.0 Å². The van der Waals surface area contributed by atoms with Crippen molar-refractivity contribution < 1.29 is 26.4 Å². The number of aryl methyl sites for hydroxylation is 1. The van der Waals surface area contributed by atoms with Crippen molar-refractivity contribution in [2.75, 3.05) is 13.1 Å². The van der Waals surface area contributed by atoms with Crippen LogP contribution in [0.25, 0.3) is 11.8 Å². The Morgan fingerprint density at radius 3 is 2.58 bits per heavy atom. The molecule has 2 aromatic carbocycles. The molecule has 1 saturated heterocycles. The van der Waals surface area contributed by atoms with Crippen LogP contribution in [0.2, 0.25) is 0 Å². The highest BCUT2D eigenvalue weighted by molar-refractivity contribution is 7.89. The van der Waals surface area contributed by atoms with E-state index in [4.69, 9.17) is 0 Å². The second-order valence-corrected chi connectivity index (χ2v) is 12.0. The number of carbonyl (C=O) groups is 1. The van der Waals surface area contributed by atoms with Crippen LogP contribution < -0.4 is 0 Å². The topological polar surface area (TPSA) is 85.2 Å². The number of Topliss-reactive ketones (excluding diaryl/α,β-unsaturated/α-hetero) is 1. The fraction of sp³-hybridized carbons (Fsp3) is 0.207. The summed E-state index contributed by atoms with van der Waals surface area (Å²) in [5.41, 5.74) is 2.34. The third kappa shape index (κ3) is 4.16. The molecule has 2 aliphatic rings. The fourth-order valence-electron chi connectivity index (χ4n) is 5.54. The molecule has 0 N–H and O–H groups in total. The first kappa shape index (κ1) is 26.1. The average molecular weight is 565 g/mol. The molecular formula is C29H23F3N4O3S.